The summed E-state index contributed by atoms with van der Waals surface area (Å²) in [6.07, 6.45) is -1.14. The zero-order valence-corrected chi connectivity index (χ0v) is 9.60. The minimum atomic E-state index is -1.14. The number of hydrogen-bond acceptors (Lipinski definition) is 3. The van der Waals surface area contributed by atoms with E-state index in [1.54, 1.807) is 24.3 Å². The number of carbonyl (C=O) groups is 1. The Bertz CT molecular complexity index is 260. The Morgan fingerprint density at radius 2 is 2.00 bits per heavy atom. The number of carbonyl (C=O) groups excluding carboxylic acids is 1. The van der Waals surface area contributed by atoms with Crippen molar-refractivity contribution in [2.45, 2.75) is 6.10 Å². The van der Waals surface area contributed by atoms with Crippen molar-refractivity contribution >= 4 is 28.9 Å². The van der Waals surface area contributed by atoms with Crippen molar-refractivity contribution < 1.29 is 13.0 Å². The van der Waals surface area contributed by atoms with Gasteiger partial charge in [-0.05, 0) is 0 Å². The van der Waals surface area contributed by atoms with Gasteiger partial charge in [0.25, 0.3) is 0 Å². The van der Waals surface area contributed by atoms with Crippen molar-refractivity contribution in [3.8, 4) is 0 Å². The molecule has 1 N–H and O–H groups in total. The van der Waals surface area contributed by atoms with Gasteiger partial charge in [-0.25, -0.2) is 0 Å². The van der Waals surface area contributed by atoms with Crippen LogP contribution >= 0.6 is 0 Å². The Balaban J connectivity index is 2.78. The van der Waals surface area contributed by atoms with Gasteiger partial charge in [-0.1, -0.05) is 0 Å². The van der Waals surface area contributed by atoms with Gasteiger partial charge in [-0.3, -0.25) is 0 Å². The van der Waals surface area contributed by atoms with Crippen LogP contribution in [0.25, 0.3) is 0 Å². The number of rotatable bonds is 2. The summed E-state index contributed by atoms with van der Waals surface area (Å²) in [6.45, 7) is 0. The van der Waals surface area contributed by atoms with Crippen LogP contribution in [-0.2, 0) is 7.87 Å². The molecule has 4 heteroatoms. The second-order valence-electron chi connectivity index (χ2n) is 2.25. The van der Waals surface area contributed by atoms with Gasteiger partial charge in [0.2, 0.25) is 0 Å². The first-order valence-electron chi connectivity index (χ1n) is 3.39. The molecule has 0 saturated heterocycles. The maximum absolute atomic E-state index is 10.9. The Kier molecular flexibility index (Phi) is 3.55. The molecule has 0 spiro atoms. The van der Waals surface area contributed by atoms with Crippen LogP contribution in [0.1, 0.15) is 11.7 Å². The first-order valence-corrected chi connectivity index (χ1v) is 4.74. The molecular formula is C8H8O3Sn. The second kappa shape index (κ2) is 4.47. The van der Waals surface area contributed by atoms with Crippen LogP contribution < -0.4 is 0 Å². The summed E-state index contributed by atoms with van der Waals surface area (Å²) in [5, 5.41) is 9.34. The fraction of sp³-hybridized carbons (Fsp3) is 0.125. The van der Waals surface area contributed by atoms with Gasteiger partial charge >= 0.3 is 83.9 Å². The van der Waals surface area contributed by atoms with E-state index in [-0.39, 0.29) is 0 Å². The molecule has 0 aliphatic carbocycles. The molecule has 3 nitrogen and oxygen atoms in total. The van der Waals surface area contributed by atoms with E-state index in [1.807, 2.05) is 6.07 Å². The maximum atomic E-state index is 10.9. The predicted molar refractivity (Wildman–Crippen MR) is 44.6 cm³/mol. The quantitative estimate of drug-likeness (QED) is 0.775. The average Bonchev–Trinajstić information content (AvgIpc) is 2.17. The molecule has 0 bridgehead atoms. The molecule has 0 heterocycles. The molecule has 2 radical (unpaired) electrons. The van der Waals surface area contributed by atoms with E-state index in [0.717, 1.165) is 0 Å². The second-order valence-corrected chi connectivity index (χ2v) is 2.92. The summed E-state index contributed by atoms with van der Waals surface area (Å²) >= 11 is 0.372. The van der Waals surface area contributed by atoms with E-state index in [9.17, 15) is 9.90 Å². The van der Waals surface area contributed by atoms with Gasteiger partial charge in [-0.15, -0.1) is 0 Å². The summed E-state index contributed by atoms with van der Waals surface area (Å²) in [7, 11) is 0. The van der Waals surface area contributed by atoms with Crippen LogP contribution in [0.5, 0.6) is 0 Å². The standard InChI is InChI=1S/C8H8O3.Sn.H/c9-7(8(10)11)6-4-2-1-3-5-6;;/h1-5,7,9H,(H,10,11);;/q;+1;/p-1. The molecule has 1 aromatic carbocycles. The van der Waals surface area contributed by atoms with Crippen LogP contribution in [-0.4, -0.2) is 34.0 Å². The fourth-order valence-electron chi connectivity index (χ4n) is 0.836. The van der Waals surface area contributed by atoms with Crippen LogP contribution in [0.3, 0.4) is 0 Å². The third kappa shape index (κ3) is 2.22. The molecule has 0 amide bonds. The average molecular weight is 271 g/mol. The zero-order valence-electron chi connectivity index (χ0n) is 6.31. The SMILES string of the molecule is O=C([O][SnH])C(O)c1ccccc1. The molecule has 0 aliphatic rings. The first kappa shape index (κ1) is 9.54. The molecule has 1 aromatic rings. The summed E-state index contributed by atoms with van der Waals surface area (Å²) in [4.78, 5) is 10.9. The Morgan fingerprint density at radius 3 is 2.50 bits per heavy atom. The molecule has 0 aliphatic heterocycles. The van der Waals surface area contributed by atoms with Gasteiger partial charge in [-0.2, -0.15) is 0 Å². The minimum absolute atomic E-state index is 0.372. The van der Waals surface area contributed by atoms with Crippen LogP contribution in [0, 0.1) is 0 Å². The molecule has 1 unspecified atom stereocenters. The summed E-state index contributed by atoms with van der Waals surface area (Å²) in [5.41, 5.74) is 0.566. The summed E-state index contributed by atoms with van der Waals surface area (Å²) < 4.78 is 4.51. The third-order valence-electron chi connectivity index (χ3n) is 1.45. The summed E-state index contributed by atoms with van der Waals surface area (Å²) in [5.74, 6) is -0.580. The monoisotopic (exact) mass is 272 g/mol. The zero-order chi connectivity index (χ0) is 8.97. The molecule has 62 valence electrons. The van der Waals surface area contributed by atoms with Crippen LogP contribution in [0.4, 0.5) is 0 Å². The molecule has 1 rings (SSSR count). The van der Waals surface area contributed by atoms with E-state index >= 15 is 0 Å². The number of aliphatic hydroxyl groups excluding tert-OH is 1. The topological polar surface area (TPSA) is 46.5 Å². The van der Waals surface area contributed by atoms with E-state index in [0.29, 0.717) is 28.5 Å². The van der Waals surface area contributed by atoms with Crippen LogP contribution in [0.15, 0.2) is 30.3 Å². The number of hydrogen-bond donors (Lipinski definition) is 1. The normalized spacial score (nSPS) is 12.2. The Hall–Kier alpha value is -0.551. The van der Waals surface area contributed by atoms with Crippen LogP contribution in [0.2, 0.25) is 0 Å². The van der Waals surface area contributed by atoms with Crippen molar-refractivity contribution in [3.63, 3.8) is 0 Å². The van der Waals surface area contributed by atoms with E-state index < -0.39 is 12.1 Å². The predicted octanol–water partition coefficient (Wildman–Crippen LogP) is 0.0790. The first-order chi connectivity index (χ1) is 5.75. The Morgan fingerprint density at radius 1 is 1.42 bits per heavy atom. The van der Waals surface area contributed by atoms with Gasteiger partial charge in [0.15, 0.2) is 0 Å². The molecular weight excluding hydrogens is 263 g/mol. The molecule has 12 heavy (non-hydrogen) atoms. The molecule has 0 saturated carbocycles. The van der Waals surface area contributed by atoms with Crippen molar-refractivity contribution in [1.29, 1.82) is 0 Å². The fourth-order valence-corrected chi connectivity index (χ4v) is 1.20. The molecule has 0 aromatic heterocycles. The van der Waals surface area contributed by atoms with Gasteiger partial charge in [0, 0.05) is 0 Å². The van der Waals surface area contributed by atoms with E-state index in [1.165, 1.54) is 0 Å². The van der Waals surface area contributed by atoms with E-state index in [4.69, 9.17) is 0 Å². The molecule has 0 fully saturated rings. The van der Waals surface area contributed by atoms with Crippen molar-refractivity contribution in [2.75, 3.05) is 0 Å². The van der Waals surface area contributed by atoms with Crippen molar-refractivity contribution in [3.05, 3.63) is 35.9 Å². The van der Waals surface area contributed by atoms with Crippen molar-refractivity contribution in [2.24, 2.45) is 0 Å². The van der Waals surface area contributed by atoms with Gasteiger partial charge in [0.1, 0.15) is 0 Å². The van der Waals surface area contributed by atoms with Crippen molar-refractivity contribution in [1.82, 2.24) is 0 Å². The van der Waals surface area contributed by atoms with E-state index in [2.05, 4.69) is 3.07 Å². The Labute approximate surface area is 84.0 Å². The molecule has 1 atom stereocenters. The summed E-state index contributed by atoms with van der Waals surface area (Å²) in [6, 6.07) is 8.71. The third-order valence-corrected chi connectivity index (χ3v) is 2.12. The number of aliphatic hydroxyl groups is 1. The van der Waals surface area contributed by atoms with Gasteiger partial charge < -0.3 is 0 Å². The van der Waals surface area contributed by atoms with Gasteiger partial charge in [0.05, 0.1) is 0 Å². The number of benzene rings is 1.